The number of hydrogen-bond acceptors (Lipinski definition) is 12. The van der Waals surface area contributed by atoms with Crippen molar-refractivity contribution in [3.63, 3.8) is 0 Å². The molecule has 1 aromatic heterocycles. The third-order valence-corrected chi connectivity index (χ3v) is 14.0. The summed E-state index contributed by atoms with van der Waals surface area (Å²) in [6.45, 7) is 16.0. The average molecular weight is 832 g/mol. The third-order valence-electron chi connectivity index (χ3n) is 14.0. The Balaban J connectivity index is 1.28. The van der Waals surface area contributed by atoms with Gasteiger partial charge < -0.3 is 38.3 Å². The van der Waals surface area contributed by atoms with Gasteiger partial charge in [0.1, 0.15) is 24.2 Å². The number of para-hydroxylation sites is 2. The summed E-state index contributed by atoms with van der Waals surface area (Å²) in [6, 6.07) is 15.9. The highest BCUT2D eigenvalue weighted by molar-refractivity contribution is 6.08. The van der Waals surface area contributed by atoms with Crippen LogP contribution in [0.5, 0.6) is 0 Å². The van der Waals surface area contributed by atoms with Gasteiger partial charge >= 0.3 is 12.1 Å². The van der Waals surface area contributed by atoms with Crippen LogP contribution < -0.4 is 0 Å². The fraction of sp³-hybridized carbons (Fsp3) is 0.652. The highest BCUT2D eigenvalue weighted by Gasteiger charge is 2.63. The van der Waals surface area contributed by atoms with Crippen LogP contribution in [0.1, 0.15) is 81.1 Å². The zero-order valence-electron chi connectivity index (χ0n) is 37.2. The number of Topliss-reactive ketones (excluding diaryl/α,β-unsaturated/α-hetero) is 1. The number of aromatic nitrogens is 1. The lowest BCUT2D eigenvalue weighted by molar-refractivity contribution is -0.295. The number of ketones is 1. The monoisotopic (exact) mass is 831 g/mol. The first-order valence-corrected chi connectivity index (χ1v) is 21.7. The molecule has 0 spiro atoms. The number of fused-ring (bicyclic) bond motifs is 4. The van der Waals surface area contributed by atoms with Crippen LogP contribution in [-0.2, 0) is 39.8 Å². The van der Waals surface area contributed by atoms with E-state index in [0.29, 0.717) is 38.8 Å². The molecule has 1 N–H and O–H groups in total. The molecule has 14 nitrogen and oxygen atoms in total. The number of cyclic esters (lactones) is 1. The van der Waals surface area contributed by atoms with Crippen molar-refractivity contribution in [2.45, 2.75) is 142 Å². The Morgan fingerprint density at radius 1 is 0.933 bits per heavy atom. The Morgan fingerprint density at radius 2 is 1.57 bits per heavy atom. The van der Waals surface area contributed by atoms with Gasteiger partial charge in [0, 0.05) is 59.0 Å². The van der Waals surface area contributed by atoms with E-state index in [1.165, 1.54) is 10.8 Å². The van der Waals surface area contributed by atoms with Crippen LogP contribution >= 0.6 is 0 Å². The van der Waals surface area contributed by atoms with E-state index in [1.54, 1.807) is 31.1 Å². The molecule has 0 saturated carbocycles. The van der Waals surface area contributed by atoms with E-state index in [2.05, 4.69) is 60.0 Å². The summed E-state index contributed by atoms with van der Waals surface area (Å²) in [5.41, 5.74) is 0.687. The number of hydrogen-bond donors (Lipinski definition) is 1. The van der Waals surface area contributed by atoms with Crippen molar-refractivity contribution in [3.05, 3.63) is 48.5 Å². The highest BCUT2D eigenvalue weighted by atomic mass is 16.7. The van der Waals surface area contributed by atoms with Crippen LogP contribution in [-0.4, -0.2) is 130 Å². The number of likely N-dealkylation sites (N-methyl/N-ethyl adjacent to an activating group) is 1. The fourth-order valence-corrected chi connectivity index (χ4v) is 10.7. The van der Waals surface area contributed by atoms with Crippen LogP contribution in [0.25, 0.3) is 21.8 Å². The number of carbonyl (C=O) groups is 3. The van der Waals surface area contributed by atoms with Crippen molar-refractivity contribution in [1.82, 2.24) is 19.6 Å². The van der Waals surface area contributed by atoms with E-state index in [9.17, 15) is 19.5 Å². The van der Waals surface area contributed by atoms with E-state index in [0.717, 1.165) is 16.7 Å². The van der Waals surface area contributed by atoms with Gasteiger partial charge in [-0.15, -0.1) is 0 Å². The second kappa shape index (κ2) is 17.0. The largest absolute Gasteiger partial charge is 0.457 e. The van der Waals surface area contributed by atoms with Crippen LogP contribution in [0, 0.1) is 23.7 Å². The molecule has 4 aliphatic heterocycles. The Hall–Kier alpha value is -4.08. The SMILES string of the molecule is CC[C@H]1OC(=O)[C@H](C)C(=O)[C@H](C)[C@@H](O[C@H]2O[C@@H](C)C[C@@H](N(C)C)[C@@H]2O)C(C)(OC)C[C@@H](C)C2=NN(CCCn3c4ccccc4c4ccccc43)N3C(=O)O[C@@]1(C)[C@H]3[C@H]2C. The number of aliphatic hydroxyl groups is 1. The minimum atomic E-state index is -1.27. The Bertz CT molecular complexity index is 2050. The van der Waals surface area contributed by atoms with E-state index >= 15 is 0 Å². The van der Waals surface area contributed by atoms with Crippen molar-refractivity contribution >= 4 is 45.4 Å². The maximum atomic E-state index is 14.4. The van der Waals surface area contributed by atoms with Crippen molar-refractivity contribution in [3.8, 4) is 0 Å². The molecule has 13 atom stereocenters. The maximum absolute atomic E-state index is 14.4. The lowest BCUT2D eigenvalue weighted by Gasteiger charge is -2.49. The Kier molecular flexibility index (Phi) is 12.5. The molecular weight excluding hydrogens is 767 g/mol. The summed E-state index contributed by atoms with van der Waals surface area (Å²) in [5.74, 6) is -3.76. The van der Waals surface area contributed by atoms with E-state index in [-0.39, 0.29) is 24.0 Å². The average Bonchev–Trinajstić information content (AvgIpc) is 3.70. The zero-order valence-corrected chi connectivity index (χ0v) is 37.2. The number of carbonyl (C=O) groups excluding carboxylic acids is 3. The van der Waals surface area contributed by atoms with Crippen molar-refractivity contribution in [2.24, 2.45) is 28.8 Å². The Labute approximate surface area is 354 Å². The standard InChI is InChI=1S/C46H65N5O9/c1-12-36-46(8)40-28(4)37(47-50(51(40)44(55)60-46)23-17-22-49-33-20-15-13-18-31(33)32-19-14-16-21-34(32)49)26(2)25-45(7,56-11)41(29(5)38(52)30(6)42(54)58-36)59-43-39(53)35(48(9)10)24-27(3)57-43/h13-16,18-21,26-30,35-36,39-41,43,53H,12,17,22-25H2,1-11H3/t26-,27+,28+,29+,30-,35-,36-,39+,40-,41-,43-,45?,46-/m1/s1. The van der Waals surface area contributed by atoms with E-state index in [4.69, 9.17) is 28.8 Å². The summed E-state index contributed by atoms with van der Waals surface area (Å²) in [5, 5.41) is 22.6. The number of esters is 1. The minimum Gasteiger partial charge on any atom is -0.457 e. The van der Waals surface area contributed by atoms with Crippen LogP contribution in [0.2, 0.25) is 0 Å². The Morgan fingerprint density at radius 3 is 2.17 bits per heavy atom. The van der Waals surface area contributed by atoms with Gasteiger partial charge in [0.15, 0.2) is 17.7 Å². The molecule has 60 heavy (non-hydrogen) atoms. The first-order valence-electron chi connectivity index (χ1n) is 21.7. The number of methoxy groups -OCH3 is 1. The lowest BCUT2D eigenvalue weighted by Crippen LogP contribution is -2.63. The number of ether oxygens (including phenoxy) is 5. The predicted molar refractivity (Wildman–Crippen MR) is 228 cm³/mol. The predicted octanol–water partition coefficient (Wildman–Crippen LogP) is 6.41. The molecule has 2 bridgehead atoms. The number of aryl methyl sites for hydroxylation is 1. The molecule has 0 radical (unpaired) electrons. The molecule has 14 heteroatoms. The number of hydrazone groups is 1. The number of nitrogens with zero attached hydrogens (tertiary/aromatic N) is 5. The zero-order chi connectivity index (χ0) is 43.4. The topological polar surface area (TPSA) is 145 Å². The second-order valence-corrected chi connectivity index (χ2v) is 18.3. The molecule has 1 unspecified atom stereocenters. The van der Waals surface area contributed by atoms with E-state index < -0.39 is 71.5 Å². The smallest absolute Gasteiger partial charge is 0.431 e. The highest BCUT2D eigenvalue weighted by Crippen LogP contribution is 2.46. The molecular formula is C46H65N5O9. The van der Waals surface area contributed by atoms with Gasteiger partial charge in [0.25, 0.3) is 0 Å². The molecule has 7 rings (SSSR count). The lowest BCUT2D eigenvalue weighted by atomic mass is 9.73. The summed E-state index contributed by atoms with van der Waals surface area (Å²) in [7, 11) is 5.40. The van der Waals surface area contributed by atoms with Crippen LogP contribution in [0.3, 0.4) is 0 Å². The molecule has 2 aromatic carbocycles. The number of aliphatic hydroxyl groups excluding tert-OH is 1. The molecule has 3 fully saturated rings. The van der Waals surface area contributed by atoms with Crippen LogP contribution in [0.15, 0.2) is 53.6 Å². The van der Waals surface area contributed by atoms with Gasteiger partial charge in [-0.25, -0.2) is 4.79 Å². The number of benzene rings is 2. The van der Waals surface area contributed by atoms with Gasteiger partial charge in [0.2, 0.25) is 0 Å². The number of amides is 1. The van der Waals surface area contributed by atoms with Gasteiger partial charge in [-0.05, 0) is 85.5 Å². The van der Waals surface area contributed by atoms with Gasteiger partial charge in [-0.2, -0.15) is 15.2 Å². The second-order valence-electron chi connectivity index (χ2n) is 18.3. The summed E-state index contributed by atoms with van der Waals surface area (Å²) >= 11 is 0. The molecule has 5 heterocycles. The molecule has 0 aliphatic carbocycles. The van der Waals surface area contributed by atoms with Crippen molar-refractivity contribution in [1.29, 1.82) is 0 Å². The molecule has 328 valence electrons. The first kappa shape index (κ1) is 44.0. The van der Waals surface area contributed by atoms with E-state index in [1.807, 2.05) is 53.6 Å². The normalized spacial score (nSPS) is 36.7. The third kappa shape index (κ3) is 7.60. The van der Waals surface area contributed by atoms with Gasteiger partial charge in [0.05, 0.1) is 24.4 Å². The van der Waals surface area contributed by atoms with Crippen molar-refractivity contribution < 1.29 is 43.2 Å². The minimum absolute atomic E-state index is 0.227. The maximum Gasteiger partial charge on any atom is 0.431 e. The summed E-state index contributed by atoms with van der Waals surface area (Å²) in [6.07, 6.45) is -2.74. The van der Waals surface area contributed by atoms with Gasteiger partial charge in [-0.1, -0.05) is 64.1 Å². The number of hydrazine groups is 1. The summed E-state index contributed by atoms with van der Waals surface area (Å²) < 4.78 is 34.3. The van der Waals surface area contributed by atoms with Crippen LogP contribution in [0.4, 0.5) is 4.79 Å². The molecule has 4 aliphatic rings. The van der Waals surface area contributed by atoms with Crippen molar-refractivity contribution in [2.75, 3.05) is 27.7 Å². The van der Waals surface area contributed by atoms with Gasteiger partial charge in [-0.3, -0.25) is 9.59 Å². The fourth-order valence-electron chi connectivity index (χ4n) is 10.7. The molecule has 1 amide bonds. The summed E-state index contributed by atoms with van der Waals surface area (Å²) in [4.78, 5) is 44.6. The quantitative estimate of drug-likeness (QED) is 0.189. The molecule has 3 saturated heterocycles. The first-order chi connectivity index (χ1) is 28.4. The molecule has 3 aromatic rings. The number of rotatable bonds is 9.